The van der Waals surface area contributed by atoms with E-state index in [1.807, 2.05) is 28.8 Å². The van der Waals surface area contributed by atoms with E-state index in [2.05, 4.69) is 10.3 Å². The van der Waals surface area contributed by atoms with Crippen molar-refractivity contribution in [1.29, 1.82) is 0 Å². The van der Waals surface area contributed by atoms with Crippen molar-refractivity contribution >= 4 is 17.0 Å². The molecule has 2 aromatic carbocycles. The predicted octanol–water partition coefficient (Wildman–Crippen LogP) is 2.49. The molecule has 0 bridgehead atoms. The first kappa shape index (κ1) is 15.9. The van der Waals surface area contributed by atoms with E-state index in [1.165, 1.54) is 12.1 Å². The normalized spacial score (nSPS) is 13.5. The first-order valence-electron chi connectivity index (χ1n) is 8.08. The quantitative estimate of drug-likeness (QED) is 0.745. The highest BCUT2D eigenvalue weighted by Gasteiger charge is 2.19. The van der Waals surface area contributed by atoms with Gasteiger partial charge >= 0.3 is 0 Å². The van der Waals surface area contributed by atoms with Gasteiger partial charge in [0.05, 0.1) is 30.8 Å². The summed E-state index contributed by atoms with van der Waals surface area (Å²) in [6.45, 7) is 1.27. The number of anilines is 1. The van der Waals surface area contributed by atoms with Gasteiger partial charge in [-0.2, -0.15) is 0 Å². The lowest BCUT2D eigenvalue weighted by molar-refractivity contribution is -0.0173. The zero-order chi connectivity index (χ0) is 17.2. The first-order valence-corrected chi connectivity index (χ1v) is 8.08. The maximum Gasteiger partial charge on any atom is 0.204 e. The van der Waals surface area contributed by atoms with Crippen LogP contribution in [0.4, 0.5) is 10.3 Å². The smallest absolute Gasteiger partial charge is 0.204 e. The summed E-state index contributed by atoms with van der Waals surface area (Å²) in [6, 6.07) is 10.6. The van der Waals surface area contributed by atoms with Crippen LogP contribution in [0.25, 0.3) is 11.0 Å². The van der Waals surface area contributed by atoms with E-state index in [4.69, 9.17) is 14.6 Å². The zero-order valence-electron chi connectivity index (χ0n) is 13.5. The number of nitrogens with one attached hydrogen (secondary N) is 1. The zero-order valence-corrected chi connectivity index (χ0v) is 13.5. The average molecular weight is 343 g/mol. The Morgan fingerprint density at radius 3 is 3.04 bits per heavy atom. The van der Waals surface area contributed by atoms with Gasteiger partial charge in [-0.05, 0) is 24.3 Å². The third-order valence-electron chi connectivity index (χ3n) is 4.13. The number of fused-ring (bicyclic) bond motifs is 2. The summed E-state index contributed by atoms with van der Waals surface area (Å²) >= 11 is 0. The standard InChI is InChI=1S/C18H18FN3O3/c19-14-7-12(17-13(8-14)10-24-11-25-17)9-22-16-4-2-1-3-15(16)21-18(22)20-5-6-23/h1-4,7-8,23H,5-6,9-11H2,(H,20,21). The van der Waals surface area contributed by atoms with Gasteiger partial charge in [0.2, 0.25) is 5.95 Å². The lowest BCUT2D eigenvalue weighted by Crippen LogP contribution is -2.16. The Kier molecular flexibility index (Phi) is 4.25. The fourth-order valence-electron chi connectivity index (χ4n) is 3.08. The third-order valence-corrected chi connectivity index (χ3v) is 4.13. The van der Waals surface area contributed by atoms with E-state index in [-0.39, 0.29) is 19.2 Å². The van der Waals surface area contributed by atoms with Crippen molar-refractivity contribution in [3.8, 4) is 5.75 Å². The predicted molar refractivity (Wildman–Crippen MR) is 91.1 cm³/mol. The Bertz CT molecular complexity index is 910. The fraction of sp³-hybridized carbons (Fsp3) is 0.278. The van der Waals surface area contributed by atoms with Crippen molar-refractivity contribution in [2.75, 3.05) is 25.3 Å². The number of benzene rings is 2. The van der Waals surface area contributed by atoms with Gasteiger partial charge in [0.25, 0.3) is 0 Å². The largest absolute Gasteiger partial charge is 0.467 e. The summed E-state index contributed by atoms with van der Waals surface area (Å²) in [4.78, 5) is 4.56. The van der Waals surface area contributed by atoms with Gasteiger partial charge < -0.3 is 24.5 Å². The SMILES string of the molecule is OCCNc1nc2ccccc2n1Cc1cc(F)cc2c1OCOC2. The van der Waals surface area contributed by atoms with Crippen molar-refractivity contribution in [2.24, 2.45) is 0 Å². The number of nitrogens with zero attached hydrogens (tertiary/aromatic N) is 2. The Balaban J connectivity index is 1.79. The molecule has 0 fully saturated rings. The van der Waals surface area contributed by atoms with Crippen molar-refractivity contribution in [3.63, 3.8) is 0 Å². The van der Waals surface area contributed by atoms with Crippen LogP contribution >= 0.6 is 0 Å². The van der Waals surface area contributed by atoms with Crippen LogP contribution in [0, 0.1) is 5.82 Å². The highest BCUT2D eigenvalue weighted by molar-refractivity contribution is 5.78. The fourth-order valence-corrected chi connectivity index (χ4v) is 3.08. The molecule has 0 saturated carbocycles. The number of aliphatic hydroxyl groups excluding tert-OH is 1. The van der Waals surface area contributed by atoms with Crippen molar-refractivity contribution in [2.45, 2.75) is 13.2 Å². The Morgan fingerprint density at radius 2 is 2.16 bits per heavy atom. The summed E-state index contributed by atoms with van der Waals surface area (Å²) in [7, 11) is 0. The maximum absolute atomic E-state index is 14.0. The highest BCUT2D eigenvalue weighted by Crippen LogP contribution is 2.31. The average Bonchev–Trinajstić information content (AvgIpc) is 2.97. The van der Waals surface area contributed by atoms with E-state index in [1.54, 1.807) is 0 Å². The molecule has 0 radical (unpaired) electrons. The third kappa shape index (κ3) is 3.04. The van der Waals surface area contributed by atoms with Crippen molar-refractivity contribution in [1.82, 2.24) is 9.55 Å². The molecular formula is C18H18FN3O3. The summed E-state index contributed by atoms with van der Waals surface area (Å²) in [5.74, 6) is 0.969. The molecule has 2 N–H and O–H groups in total. The maximum atomic E-state index is 14.0. The lowest BCUT2D eigenvalue weighted by atomic mass is 10.1. The molecule has 1 aliphatic rings. The highest BCUT2D eigenvalue weighted by atomic mass is 19.1. The second-order valence-electron chi connectivity index (χ2n) is 5.82. The summed E-state index contributed by atoms with van der Waals surface area (Å²) < 4.78 is 26.8. The van der Waals surface area contributed by atoms with Crippen molar-refractivity contribution in [3.05, 3.63) is 53.3 Å². The van der Waals surface area contributed by atoms with E-state index >= 15 is 0 Å². The molecule has 0 saturated heterocycles. The van der Waals surface area contributed by atoms with E-state index < -0.39 is 0 Å². The van der Waals surface area contributed by atoms with Crippen LogP contribution < -0.4 is 10.1 Å². The van der Waals surface area contributed by atoms with E-state index in [0.717, 1.165) is 16.6 Å². The lowest BCUT2D eigenvalue weighted by Gasteiger charge is -2.21. The molecule has 0 unspecified atom stereocenters. The number of aromatic nitrogens is 2. The molecule has 130 valence electrons. The van der Waals surface area contributed by atoms with Gasteiger partial charge in [-0.15, -0.1) is 0 Å². The Morgan fingerprint density at radius 1 is 1.28 bits per heavy atom. The number of ether oxygens (including phenoxy) is 2. The minimum Gasteiger partial charge on any atom is -0.467 e. The second kappa shape index (κ2) is 6.70. The molecule has 2 heterocycles. The molecule has 0 aliphatic carbocycles. The van der Waals surface area contributed by atoms with E-state index in [0.29, 0.717) is 37.0 Å². The molecule has 1 aromatic heterocycles. The van der Waals surface area contributed by atoms with Gasteiger partial charge in [-0.3, -0.25) is 0 Å². The number of rotatable bonds is 5. The molecule has 1 aliphatic heterocycles. The van der Waals surface area contributed by atoms with Crippen LogP contribution in [0.2, 0.25) is 0 Å². The molecule has 6 nitrogen and oxygen atoms in total. The molecule has 0 spiro atoms. The molecule has 0 atom stereocenters. The van der Waals surface area contributed by atoms with Crippen LogP contribution in [-0.4, -0.2) is 34.6 Å². The monoisotopic (exact) mass is 343 g/mol. The summed E-state index contributed by atoms with van der Waals surface area (Å²) in [5, 5.41) is 12.2. The minimum atomic E-state index is -0.322. The molecule has 4 rings (SSSR count). The van der Waals surface area contributed by atoms with Gasteiger partial charge in [0.15, 0.2) is 6.79 Å². The summed E-state index contributed by atoms with van der Waals surface area (Å²) in [5.41, 5.74) is 3.19. The van der Waals surface area contributed by atoms with Crippen LogP contribution in [0.15, 0.2) is 36.4 Å². The van der Waals surface area contributed by atoms with Crippen LogP contribution in [0.1, 0.15) is 11.1 Å². The van der Waals surface area contributed by atoms with E-state index in [9.17, 15) is 4.39 Å². The Labute approximate surface area is 143 Å². The molecule has 7 heteroatoms. The minimum absolute atomic E-state index is 0.000974. The van der Waals surface area contributed by atoms with Gasteiger partial charge in [0, 0.05) is 17.7 Å². The number of hydrogen-bond donors (Lipinski definition) is 2. The molecular weight excluding hydrogens is 325 g/mol. The first-order chi connectivity index (χ1) is 12.3. The van der Waals surface area contributed by atoms with Crippen LogP contribution in [0.5, 0.6) is 5.75 Å². The van der Waals surface area contributed by atoms with Gasteiger partial charge in [0.1, 0.15) is 11.6 Å². The topological polar surface area (TPSA) is 68.5 Å². The number of para-hydroxylation sites is 2. The van der Waals surface area contributed by atoms with Gasteiger partial charge in [-0.25, -0.2) is 9.37 Å². The number of imidazole rings is 1. The number of halogens is 1. The summed E-state index contributed by atoms with van der Waals surface area (Å²) in [6.07, 6.45) is 0. The van der Waals surface area contributed by atoms with Crippen molar-refractivity contribution < 1.29 is 19.0 Å². The molecule has 3 aromatic rings. The van der Waals surface area contributed by atoms with Crippen LogP contribution in [-0.2, 0) is 17.9 Å². The molecule has 0 amide bonds. The van der Waals surface area contributed by atoms with Crippen LogP contribution in [0.3, 0.4) is 0 Å². The van der Waals surface area contributed by atoms with Gasteiger partial charge in [-0.1, -0.05) is 12.1 Å². The molecule has 25 heavy (non-hydrogen) atoms. The second-order valence-corrected chi connectivity index (χ2v) is 5.82. The number of hydrogen-bond acceptors (Lipinski definition) is 5. The number of aliphatic hydroxyl groups is 1. The Hall–Kier alpha value is -2.64.